The summed E-state index contributed by atoms with van der Waals surface area (Å²) in [7, 11) is 0. The van der Waals surface area contributed by atoms with Gasteiger partial charge in [-0.25, -0.2) is 18.7 Å². The van der Waals surface area contributed by atoms with Gasteiger partial charge in [0, 0.05) is 12.4 Å². The molecule has 6 heteroatoms. The predicted molar refractivity (Wildman–Crippen MR) is 73.2 cm³/mol. The Morgan fingerprint density at radius 1 is 1.21 bits per heavy atom. The number of fused-ring (bicyclic) bond motifs is 1. The molecular weight excluding hydrogens is 272 g/mol. The largest absolute Gasteiger partial charge is 0.348 e. The number of hydrogen-bond acceptors (Lipinski definition) is 3. The molecule has 2 rings (SSSR count). The van der Waals surface area contributed by atoms with Crippen molar-refractivity contribution >= 4 is 28.5 Å². The van der Waals surface area contributed by atoms with Gasteiger partial charge in [0.2, 0.25) is 0 Å². The topological polar surface area (TPSA) is 29.0 Å². The van der Waals surface area contributed by atoms with E-state index >= 15 is 0 Å². The van der Waals surface area contributed by atoms with Gasteiger partial charge in [0.1, 0.15) is 0 Å². The molecule has 1 aromatic carbocycles. The molecule has 0 N–H and O–H groups in total. The van der Waals surface area contributed by atoms with Crippen molar-refractivity contribution in [3.8, 4) is 0 Å². The second-order valence-corrected chi connectivity index (χ2v) is 4.53. The highest BCUT2D eigenvalue weighted by molar-refractivity contribution is 6.18. The van der Waals surface area contributed by atoms with Crippen molar-refractivity contribution in [2.45, 2.75) is 13.3 Å². The average Bonchev–Trinajstić information content (AvgIpc) is 2.37. The summed E-state index contributed by atoms with van der Waals surface area (Å²) in [5.41, 5.74) is 2.08. The van der Waals surface area contributed by atoms with Gasteiger partial charge in [-0.1, -0.05) is 12.1 Å². The summed E-state index contributed by atoms with van der Waals surface area (Å²) in [4.78, 5) is 10.3. The molecule has 0 saturated heterocycles. The molecule has 0 fully saturated rings. The first kappa shape index (κ1) is 13.9. The molecule has 0 amide bonds. The second-order valence-electron chi connectivity index (χ2n) is 4.15. The second kappa shape index (κ2) is 6.10. The average molecular weight is 286 g/mol. The highest BCUT2D eigenvalue weighted by Crippen LogP contribution is 2.20. The lowest BCUT2D eigenvalue weighted by Crippen LogP contribution is -2.32. The maximum Gasteiger partial charge on any atom is 0.255 e. The number of para-hydroxylation sites is 2. The zero-order chi connectivity index (χ0) is 13.8. The molecule has 0 atom stereocenters. The van der Waals surface area contributed by atoms with E-state index in [0.29, 0.717) is 23.6 Å². The van der Waals surface area contributed by atoms with Gasteiger partial charge in [0.25, 0.3) is 6.43 Å². The molecule has 0 spiro atoms. The highest BCUT2D eigenvalue weighted by atomic mass is 35.5. The SMILES string of the molecule is Cc1nc2ccccc2nc1N(CCCl)CC(F)F. The first-order valence-electron chi connectivity index (χ1n) is 5.94. The molecule has 2 aromatic rings. The van der Waals surface area contributed by atoms with E-state index in [0.717, 1.165) is 5.52 Å². The number of benzene rings is 1. The summed E-state index contributed by atoms with van der Waals surface area (Å²) in [6, 6.07) is 7.37. The summed E-state index contributed by atoms with van der Waals surface area (Å²) in [5, 5.41) is 0. The molecule has 0 aliphatic heterocycles. The van der Waals surface area contributed by atoms with Crippen molar-refractivity contribution in [2.24, 2.45) is 0 Å². The molecule has 1 heterocycles. The molecular formula is C13H14ClF2N3. The van der Waals surface area contributed by atoms with Crippen molar-refractivity contribution in [1.82, 2.24) is 9.97 Å². The van der Waals surface area contributed by atoms with Gasteiger partial charge in [-0.05, 0) is 19.1 Å². The fourth-order valence-electron chi connectivity index (χ4n) is 1.93. The van der Waals surface area contributed by atoms with Crippen LogP contribution in [0.3, 0.4) is 0 Å². The smallest absolute Gasteiger partial charge is 0.255 e. The van der Waals surface area contributed by atoms with E-state index in [-0.39, 0.29) is 12.4 Å². The summed E-state index contributed by atoms with van der Waals surface area (Å²) >= 11 is 5.67. The molecule has 0 bridgehead atoms. The van der Waals surface area contributed by atoms with Crippen LogP contribution in [0.4, 0.5) is 14.6 Å². The van der Waals surface area contributed by atoms with E-state index in [9.17, 15) is 8.78 Å². The minimum Gasteiger partial charge on any atom is -0.348 e. The van der Waals surface area contributed by atoms with Crippen LogP contribution in [-0.4, -0.2) is 35.4 Å². The van der Waals surface area contributed by atoms with Crippen molar-refractivity contribution in [1.29, 1.82) is 0 Å². The maximum absolute atomic E-state index is 12.6. The van der Waals surface area contributed by atoms with E-state index in [2.05, 4.69) is 9.97 Å². The lowest BCUT2D eigenvalue weighted by molar-refractivity contribution is 0.155. The number of nitrogens with zero attached hydrogens (tertiary/aromatic N) is 3. The van der Waals surface area contributed by atoms with E-state index < -0.39 is 6.43 Å². The molecule has 0 radical (unpaired) electrons. The predicted octanol–water partition coefficient (Wildman–Crippen LogP) is 3.25. The number of rotatable bonds is 5. The van der Waals surface area contributed by atoms with Gasteiger partial charge >= 0.3 is 0 Å². The third-order valence-electron chi connectivity index (χ3n) is 2.73. The molecule has 102 valence electrons. The van der Waals surface area contributed by atoms with E-state index in [1.54, 1.807) is 6.92 Å². The van der Waals surface area contributed by atoms with Crippen LogP contribution in [0.5, 0.6) is 0 Å². The Hall–Kier alpha value is -1.49. The standard InChI is InChI=1S/C13H14ClF2N3/c1-9-13(19(7-6-14)8-12(15)16)18-11-5-3-2-4-10(11)17-9/h2-5,12H,6-8H2,1H3. The molecule has 3 nitrogen and oxygen atoms in total. The zero-order valence-electron chi connectivity index (χ0n) is 10.5. The molecule has 1 aromatic heterocycles. The van der Waals surface area contributed by atoms with Crippen molar-refractivity contribution in [2.75, 3.05) is 23.9 Å². The van der Waals surface area contributed by atoms with Crippen LogP contribution >= 0.6 is 11.6 Å². The van der Waals surface area contributed by atoms with Crippen LogP contribution in [0, 0.1) is 6.92 Å². The first-order valence-corrected chi connectivity index (χ1v) is 6.47. The molecule has 0 aliphatic rings. The highest BCUT2D eigenvalue weighted by Gasteiger charge is 2.17. The third kappa shape index (κ3) is 3.29. The number of hydrogen-bond donors (Lipinski definition) is 0. The minimum absolute atomic E-state index is 0.265. The van der Waals surface area contributed by atoms with Gasteiger partial charge in [0.05, 0.1) is 23.3 Å². The molecule has 0 unspecified atom stereocenters. The van der Waals surface area contributed by atoms with E-state index in [1.165, 1.54) is 4.90 Å². The van der Waals surface area contributed by atoms with Crippen molar-refractivity contribution in [3.63, 3.8) is 0 Å². The summed E-state index contributed by atoms with van der Waals surface area (Å²) in [5.74, 6) is 0.736. The Kier molecular flexibility index (Phi) is 4.47. The summed E-state index contributed by atoms with van der Waals surface area (Å²) < 4.78 is 25.2. The molecule has 0 saturated carbocycles. The van der Waals surface area contributed by atoms with Crippen LogP contribution in [-0.2, 0) is 0 Å². The van der Waals surface area contributed by atoms with E-state index in [4.69, 9.17) is 11.6 Å². The Balaban J connectivity index is 2.43. The van der Waals surface area contributed by atoms with Crippen LogP contribution in [0.25, 0.3) is 11.0 Å². The van der Waals surface area contributed by atoms with Gasteiger partial charge in [-0.3, -0.25) is 0 Å². The third-order valence-corrected chi connectivity index (χ3v) is 2.90. The summed E-state index contributed by atoms with van der Waals surface area (Å²) in [6.07, 6.45) is -2.43. The monoisotopic (exact) mass is 285 g/mol. The quantitative estimate of drug-likeness (QED) is 0.790. The number of halogens is 3. The Morgan fingerprint density at radius 2 is 1.84 bits per heavy atom. The summed E-state index contributed by atoms with van der Waals surface area (Å²) in [6.45, 7) is 1.70. The van der Waals surface area contributed by atoms with Crippen LogP contribution in [0.1, 0.15) is 5.69 Å². The van der Waals surface area contributed by atoms with Crippen LogP contribution in [0.2, 0.25) is 0 Å². The van der Waals surface area contributed by atoms with Gasteiger partial charge in [-0.2, -0.15) is 0 Å². The van der Waals surface area contributed by atoms with Crippen LogP contribution < -0.4 is 4.90 Å². The Morgan fingerprint density at radius 3 is 2.42 bits per heavy atom. The zero-order valence-corrected chi connectivity index (χ0v) is 11.2. The Bertz CT molecular complexity index is 563. The number of anilines is 1. The maximum atomic E-state index is 12.6. The van der Waals surface area contributed by atoms with Gasteiger partial charge in [-0.15, -0.1) is 11.6 Å². The fourth-order valence-corrected chi connectivity index (χ4v) is 2.13. The van der Waals surface area contributed by atoms with Crippen molar-refractivity contribution in [3.05, 3.63) is 30.0 Å². The molecule has 19 heavy (non-hydrogen) atoms. The fraction of sp³-hybridized carbons (Fsp3) is 0.385. The number of alkyl halides is 3. The van der Waals surface area contributed by atoms with Gasteiger partial charge < -0.3 is 4.90 Å². The van der Waals surface area contributed by atoms with Gasteiger partial charge in [0.15, 0.2) is 5.82 Å². The lowest BCUT2D eigenvalue weighted by Gasteiger charge is -2.23. The first-order chi connectivity index (χ1) is 9.11. The number of aryl methyl sites for hydroxylation is 1. The van der Waals surface area contributed by atoms with E-state index in [1.807, 2.05) is 24.3 Å². The Labute approximate surface area is 115 Å². The number of aromatic nitrogens is 2. The lowest BCUT2D eigenvalue weighted by atomic mass is 10.3. The molecule has 0 aliphatic carbocycles. The van der Waals surface area contributed by atoms with Crippen molar-refractivity contribution < 1.29 is 8.78 Å². The van der Waals surface area contributed by atoms with Crippen LogP contribution in [0.15, 0.2) is 24.3 Å². The minimum atomic E-state index is -2.43. The normalized spacial score (nSPS) is 11.2.